The van der Waals surface area contributed by atoms with Crippen molar-refractivity contribution in [3.63, 3.8) is 0 Å². The Morgan fingerprint density at radius 1 is 1.03 bits per heavy atom. The highest BCUT2D eigenvalue weighted by Crippen LogP contribution is 2.37. The summed E-state index contributed by atoms with van der Waals surface area (Å²) in [6.07, 6.45) is 0.524. The number of nitrogens with two attached hydrogens (primary N) is 1. The summed E-state index contributed by atoms with van der Waals surface area (Å²) in [6, 6.07) is 14.5. The number of phosphoric acid groups is 1. The minimum Gasteiger partial charge on any atom is -0.457 e. The molecular formula is C24H22ClFNO7PS. The maximum Gasteiger partial charge on any atom is 0.469 e. The number of ether oxygens (including phenoxy) is 1. The van der Waals surface area contributed by atoms with Crippen LogP contribution < -0.4 is 15.9 Å². The summed E-state index contributed by atoms with van der Waals surface area (Å²) < 4.78 is 36.3. The third kappa shape index (κ3) is 6.29. The predicted molar refractivity (Wildman–Crippen MR) is 137 cm³/mol. The van der Waals surface area contributed by atoms with Crippen LogP contribution in [0.1, 0.15) is 12.0 Å². The Hall–Kier alpha value is -2.40. The molecule has 0 radical (unpaired) electrons. The van der Waals surface area contributed by atoms with Gasteiger partial charge in [-0.2, -0.15) is 0 Å². The first-order valence-corrected chi connectivity index (χ1v) is 13.4. The maximum atomic E-state index is 13.7. The Morgan fingerprint density at radius 3 is 2.44 bits per heavy atom. The van der Waals surface area contributed by atoms with E-state index in [2.05, 4.69) is 4.52 Å². The van der Waals surface area contributed by atoms with Crippen LogP contribution in [0.4, 0.5) is 4.39 Å². The van der Waals surface area contributed by atoms with E-state index < -0.39 is 32.4 Å². The molecule has 12 heteroatoms. The van der Waals surface area contributed by atoms with Crippen molar-refractivity contribution in [3.8, 4) is 11.5 Å². The summed E-state index contributed by atoms with van der Waals surface area (Å²) in [4.78, 5) is 31.0. The molecule has 1 heterocycles. The highest BCUT2D eigenvalue weighted by molar-refractivity contribution is 7.46. The van der Waals surface area contributed by atoms with E-state index in [1.54, 1.807) is 30.3 Å². The predicted octanol–water partition coefficient (Wildman–Crippen LogP) is 4.73. The van der Waals surface area contributed by atoms with Gasteiger partial charge in [0, 0.05) is 26.2 Å². The average Bonchev–Trinajstić information content (AvgIpc) is 2.83. The molecule has 4 rings (SSSR count). The zero-order valence-electron chi connectivity index (χ0n) is 18.7. The molecule has 4 aromatic rings. The Bertz CT molecular complexity index is 1540. The number of halogens is 2. The Kier molecular flexibility index (Phi) is 7.80. The Balaban J connectivity index is 1.58. The molecule has 1 aromatic heterocycles. The Morgan fingerprint density at radius 2 is 1.75 bits per heavy atom. The number of hydrogen-bond donors (Lipinski definition) is 4. The largest absolute Gasteiger partial charge is 0.469 e. The lowest BCUT2D eigenvalue weighted by Crippen LogP contribution is -2.48. The molecule has 0 saturated carbocycles. The van der Waals surface area contributed by atoms with Gasteiger partial charge in [-0.1, -0.05) is 17.7 Å². The molecule has 0 spiro atoms. The molecule has 190 valence electrons. The number of benzene rings is 3. The van der Waals surface area contributed by atoms with E-state index in [4.69, 9.17) is 31.9 Å². The fraction of sp³-hybridized carbons (Fsp3) is 0.208. The number of rotatable bonds is 9. The van der Waals surface area contributed by atoms with Gasteiger partial charge in [-0.25, -0.2) is 8.96 Å². The third-order valence-corrected chi connectivity index (χ3v) is 7.49. The van der Waals surface area contributed by atoms with Gasteiger partial charge in [0.05, 0.1) is 23.8 Å². The molecule has 3 aromatic carbocycles. The average molecular weight is 554 g/mol. The standard InChI is InChI=1S/C24H22ClFNO7PS/c25-19-5-3-15(10-20(19)26)34-16-2-4-17-22(11-16)36-21-6-1-14(9-18(21)23(17)29)7-8-24(27,12-28)13-33-35(30,31)32/h1-6,9-11,28H,7-8,12-13,27H2,(H2,30,31,32). The normalized spacial score (nSPS) is 13.7. The summed E-state index contributed by atoms with van der Waals surface area (Å²) in [6.45, 7) is -1.05. The lowest BCUT2D eigenvalue weighted by atomic mass is 9.93. The number of aliphatic hydroxyl groups excluding tert-OH is 1. The highest BCUT2D eigenvalue weighted by Gasteiger charge is 2.28. The number of hydrogen-bond acceptors (Lipinski definition) is 7. The molecule has 36 heavy (non-hydrogen) atoms. The molecule has 1 atom stereocenters. The number of fused-ring (bicyclic) bond motifs is 2. The van der Waals surface area contributed by atoms with Crippen LogP contribution in [0, 0.1) is 5.82 Å². The first-order chi connectivity index (χ1) is 17.0. The van der Waals surface area contributed by atoms with Crippen molar-refractivity contribution in [1.29, 1.82) is 0 Å². The summed E-state index contributed by atoms with van der Waals surface area (Å²) in [5.74, 6) is 0.123. The van der Waals surface area contributed by atoms with Crippen molar-refractivity contribution >= 4 is 50.9 Å². The topological polar surface area (TPSA) is 139 Å². The molecule has 1 unspecified atom stereocenters. The van der Waals surface area contributed by atoms with Crippen molar-refractivity contribution in [1.82, 2.24) is 0 Å². The van der Waals surface area contributed by atoms with Gasteiger partial charge in [-0.15, -0.1) is 11.3 Å². The second kappa shape index (κ2) is 10.5. The van der Waals surface area contributed by atoms with Crippen LogP contribution in [-0.2, 0) is 15.5 Å². The molecule has 0 aliphatic rings. The summed E-state index contributed by atoms with van der Waals surface area (Å²) >= 11 is 7.11. The maximum absolute atomic E-state index is 13.7. The molecule has 0 bridgehead atoms. The number of aliphatic hydroxyl groups is 1. The second-order valence-corrected chi connectivity index (χ2v) is 11.1. The van der Waals surface area contributed by atoms with Crippen LogP contribution in [-0.4, -0.2) is 33.6 Å². The van der Waals surface area contributed by atoms with Gasteiger partial charge in [0.15, 0.2) is 5.43 Å². The van der Waals surface area contributed by atoms with E-state index in [1.165, 1.54) is 23.5 Å². The summed E-state index contributed by atoms with van der Waals surface area (Å²) in [5.41, 5.74) is 5.28. The van der Waals surface area contributed by atoms with Crippen molar-refractivity contribution < 1.29 is 33.1 Å². The highest BCUT2D eigenvalue weighted by atomic mass is 35.5. The smallest absolute Gasteiger partial charge is 0.457 e. The van der Waals surface area contributed by atoms with Gasteiger partial charge in [-0.05, 0) is 60.9 Å². The zero-order chi connectivity index (χ0) is 26.1. The molecule has 8 nitrogen and oxygen atoms in total. The molecule has 0 aliphatic heterocycles. The van der Waals surface area contributed by atoms with Crippen LogP contribution in [0.15, 0.2) is 59.4 Å². The van der Waals surface area contributed by atoms with E-state index in [0.29, 0.717) is 27.6 Å². The van der Waals surface area contributed by atoms with Crippen LogP contribution >= 0.6 is 30.8 Å². The molecule has 0 saturated heterocycles. The van der Waals surface area contributed by atoms with E-state index in [9.17, 15) is 18.9 Å². The zero-order valence-corrected chi connectivity index (χ0v) is 21.2. The van der Waals surface area contributed by atoms with Crippen LogP contribution in [0.5, 0.6) is 11.5 Å². The van der Waals surface area contributed by atoms with Gasteiger partial charge in [0.2, 0.25) is 0 Å². The van der Waals surface area contributed by atoms with Gasteiger partial charge in [0.1, 0.15) is 17.3 Å². The van der Waals surface area contributed by atoms with E-state index in [1.807, 2.05) is 12.1 Å². The quantitative estimate of drug-likeness (QED) is 0.172. The second-order valence-electron chi connectivity index (χ2n) is 8.38. The Labute approximate surface area is 213 Å². The van der Waals surface area contributed by atoms with Crippen LogP contribution in [0.25, 0.3) is 20.2 Å². The van der Waals surface area contributed by atoms with Crippen molar-refractivity contribution in [2.24, 2.45) is 5.73 Å². The van der Waals surface area contributed by atoms with Crippen LogP contribution in [0.3, 0.4) is 0 Å². The minimum absolute atomic E-state index is 0.00657. The third-order valence-electron chi connectivity index (χ3n) is 5.58. The van der Waals surface area contributed by atoms with Crippen LogP contribution in [0.2, 0.25) is 5.02 Å². The van der Waals surface area contributed by atoms with Crippen molar-refractivity contribution in [2.75, 3.05) is 13.2 Å². The molecule has 0 fully saturated rings. The van der Waals surface area contributed by atoms with E-state index >= 15 is 0 Å². The SMILES string of the molecule is NC(CO)(CCc1ccc2sc3cc(Oc4ccc(Cl)c(F)c4)ccc3c(=O)c2c1)COP(=O)(O)O. The fourth-order valence-electron chi connectivity index (χ4n) is 3.58. The van der Waals surface area contributed by atoms with Gasteiger partial charge in [-0.3, -0.25) is 9.32 Å². The molecule has 0 amide bonds. The monoisotopic (exact) mass is 553 g/mol. The van der Waals surface area contributed by atoms with Gasteiger partial charge in [0.25, 0.3) is 0 Å². The summed E-state index contributed by atoms with van der Waals surface area (Å²) in [7, 11) is -4.72. The molecule has 5 N–H and O–H groups in total. The van der Waals surface area contributed by atoms with Crippen molar-refractivity contribution in [3.05, 3.63) is 81.2 Å². The van der Waals surface area contributed by atoms with E-state index in [-0.39, 0.29) is 22.6 Å². The fourth-order valence-corrected chi connectivity index (χ4v) is 5.20. The summed E-state index contributed by atoms with van der Waals surface area (Å²) in [5, 5.41) is 10.6. The lowest BCUT2D eigenvalue weighted by Gasteiger charge is -2.27. The number of aryl methyl sites for hydroxylation is 1. The van der Waals surface area contributed by atoms with Gasteiger partial charge >= 0.3 is 7.82 Å². The lowest BCUT2D eigenvalue weighted by molar-refractivity contribution is 0.102. The van der Waals surface area contributed by atoms with Gasteiger partial charge < -0.3 is 25.4 Å². The first-order valence-electron chi connectivity index (χ1n) is 10.7. The van der Waals surface area contributed by atoms with E-state index in [0.717, 1.165) is 10.3 Å². The van der Waals surface area contributed by atoms with Crippen molar-refractivity contribution in [2.45, 2.75) is 18.4 Å². The molecule has 0 aliphatic carbocycles. The number of phosphoric ester groups is 1. The minimum atomic E-state index is -4.72. The molecular weight excluding hydrogens is 532 g/mol. The first kappa shape index (κ1) is 26.7.